The maximum atomic E-state index is 9.86. The fourth-order valence-electron chi connectivity index (χ4n) is 5.07. The van der Waals surface area contributed by atoms with Crippen molar-refractivity contribution in [2.45, 2.75) is 26.8 Å². The van der Waals surface area contributed by atoms with Crippen LogP contribution in [0.1, 0.15) is 39.9 Å². The molecule has 3 N–H and O–H groups in total. The zero-order valence-corrected chi connectivity index (χ0v) is 22.8. The number of nitrogens with zero attached hydrogens (tertiary/aromatic N) is 3. The fourth-order valence-corrected chi connectivity index (χ4v) is 5.07. The molecule has 0 amide bonds. The van der Waals surface area contributed by atoms with Crippen LogP contribution in [-0.2, 0) is 11.3 Å². The van der Waals surface area contributed by atoms with Gasteiger partial charge in [0.2, 0.25) is 0 Å². The van der Waals surface area contributed by atoms with E-state index in [-0.39, 0.29) is 0 Å². The number of H-pyrrole nitrogens is 1. The van der Waals surface area contributed by atoms with Crippen LogP contribution in [0.25, 0.3) is 23.1 Å². The van der Waals surface area contributed by atoms with Gasteiger partial charge in [0.1, 0.15) is 6.07 Å². The molecule has 0 bridgehead atoms. The van der Waals surface area contributed by atoms with Crippen molar-refractivity contribution in [3.63, 3.8) is 0 Å². The third-order valence-corrected chi connectivity index (χ3v) is 7.35. The van der Waals surface area contributed by atoms with Crippen LogP contribution in [0, 0.1) is 25.2 Å². The largest absolute Gasteiger partial charge is 0.379 e. The number of fused-ring (bicyclic) bond motifs is 1. The lowest BCUT2D eigenvalue weighted by atomic mass is 10.0. The molecular weight excluding hydrogens is 484 g/mol. The highest BCUT2D eigenvalue weighted by molar-refractivity contribution is 5.90. The highest BCUT2D eigenvalue weighted by Crippen LogP contribution is 2.32. The molecule has 0 atom stereocenters. The Morgan fingerprint density at radius 3 is 2.85 bits per heavy atom. The number of hydrogen-bond donors (Lipinski definition) is 3. The second-order valence-corrected chi connectivity index (χ2v) is 10.0. The average Bonchev–Trinajstić information content (AvgIpc) is 3.45. The molecule has 5 rings (SSSR count). The number of nitriles is 1. The van der Waals surface area contributed by atoms with E-state index in [1.807, 2.05) is 13.1 Å². The molecular formula is C32H36N6O. The Kier molecular flexibility index (Phi) is 8.69. The molecule has 1 fully saturated rings. The van der Waals surface area contributed by atoms with Crippen LogP contribution < -0.4 is 10.6 Å². The lowest BCUT2D eigenvalue weighted by Gasteiger charge is -2.26. The van der Waals surface area contributed by atoms with E-state index in [2.05, 4.69) is 93.1 Å². The Bertz CT molecular complexity index is 1490. The van der Waals surface area contributed by atoms with Crippen LogP contribution in [0.2, 0.25) is 0 Å². The van der Waals surface area contributed by atoms with Gasteiger partial charge in [0, 0.05) is 59.9 Å². The molecule has 3 heterocycles. The summed E-state index contributed by atoms with van der Waals surface area (Å²) >= 11 is 0. The number of ether oxygens (including phenoxy) is 1. The minimum absolute atomic E-state index is 0.517. The standard InChI is InChI=1S/C32H36N6O/c1-23-28-11-13-35-31(28)10-9-30(23)37-32-27(20-33)22-36-24(2)29(32)8-7-25-5-3-6-26(19-25)21-34-12-4-14-38-15-17-39-18-16-38/h3,5-11,13,19,22,34-35H,4,12,14-18,21H2,1-2H3,(H,36,37)/b8-7+. The van der Waals surface area contributed by atoms with E-state index < -0.39 is 0 Å². The Hall–Kier alpha value is -3.96. The summed E-state index contributed by atoms with van der Waals surface area (Å²) in [6.07, 6.45) is 8.88. The van der Waals surface area contributed by atoms with Crippen molar-refractivity contribution in [3.05, 3.63) is 88.4 Å². The molecule has 7 heteroatoms. The molecule has 0 spiro atoms. The molecule has 0 radical (unpaired) electrons. The topological polar surface area (TPSA) is 89.0 Å². The van der Waals surface area contributed by atoms with Crippen molar-refractivity contribution < 1.29 is 4.74 Å². The predicted octanol–water partition coefficient (Wildman–Crippen LogP) is 5.78. The first-order valence-electron chi connectivity index (χ1n) is 13.6. The third kappa shape index (κ3) is 6.55. The minimum Gasteiger partial charge on any atom is -0.379 e. The highest BCUT2D eigenvalue weighted by Gasteiger charge is 2.14. The predicted molar refractivity (Wildman–Crippen MR) is 159 cm³/mol. The van der Waals surface area contributed by atoms with Crippen LogP contribution in [0.4, 0.5) is 11.4 Å². The van der Waals surface area contributed by atoms with Crippen LogP contribution in [0.15, 0.2) is 54.9 Å². The number of hydrogen-bond acceptors (Lipinski definition) is 6. The molecule has 0 unspecified atom stereocenters. The van der Waals surface area contributed by atoms with Crippen molar-refractivity contribution in [2.75, 3.05) is 44.7 Å². The minimum atomic E-state index is 0.517. The van der Waals surface area contributed by atoms with Gasteiger partial charge < -0.3 is 20.4 Å². The SMILES string of the molecule is Cc1ncc(C#N)c(Nc2ccc3[nH]ccc3c2C)c1/C=C/c1cccc(CNCCCN2CCOCC2)c1. The quantitative estimate of drug-likeness (QED) is 0.230. The number of aromatic amines is 1. The molecule has 1 saturated heterocycles. The smallest absolute Gasteiger partial charge is 0.103 e. The molecule has 0 aliphatic carbocycles. The van der Waals surface area contributed by atoms with Crippen LogP contribution >= 0.6 is 0 Å². The molecule has 200 valence electrons. The average molecular weight is 521 g/mol. The van der Waals surface area contributed by atoms with Gasteiger partial charge in [-0.15, -0.1) is 0 Å². The number of aromatic nitrogens is 2. The van der Waals surface area contributed by atoms with E-state index in [9.17, 15) is 5.26 Å². The van der Waals surface area contributed by atoms with E-state index in [1.165, 1.54) is 5.56 Å². The van der Waals surface area contributed by atoms with E-state index in [0.29, 0.717) is 5.56 Å². The first-order chi connectivity index (χ1) is 19.1. The summed E-state index contributed by atoms with van der Waals surface area (Å²) in [5.41, 5.74) is 8.63. The lowest BCUT2D eigenvalue weighted by Crippen LogP contribution is -2.37. The van der Waals surface area contributed by atoms with Crippen molar-refractivity contribution in [3.8, 4) is 6.07 Å². The maximum Gasteiger partial charge on any atom is 0.103 e. The van der Waals surface area contributed by atoms with E-state index in [4.69, 9.17) is 4.74 Å². The summed E-state index contributed by atoms with van der Waals surface area (Å²) in [5.74, 6) is 0. The molecule has 2 aromatic heterocycles. The summed E-state index contributed by atoms with van der Waals surface area (Å²) in [7, 11) is 0. The molecule has 2 aromatic carbocycles. The van der Waals surface area contributed by atoms with Crippen molar-refractivity contribution >= 4 is 34.4 Å². The monoisotopic (exact) mass is 520 g/mol. The molecule has 1 aliphatic heterocycles. The highest BCUT2D eigenvalue weighted by atomic mass is 16.5. The molecule has 4 aromatic rings. The second-order valence-electron chi connectivity index (χ2n) is 10.0. The van der Waals surface area contributed by atoms with Gasteiger partial charge in [-0.1, -0.05) is 36.4 Å². The number of morpholine rings is 1. The second kappa shape index (κ2) is 12.7. The van der Waals surface area contributed by atoms with Crippen molar-refractivity contribution in [2.24, 2.45) is 0 Å². The zero-order chi connectivity index (χ0) is 27.0. The van der Waals surface area contributed by atoms with Crippen molar-refractivity contribution in [1.29, 1.82) is 5.26 Å². The number of anilines is 2. The summed E-state index contributed by atoms with van der Waals surface area (Å²) in [4.78, 5) is 10.2. The van der Waals surface area contributed by atoms with Gasteiger partial charge in [-0.05, 0) is 68.2 Å². The first kappa shape index (κ1) is 26.6. The fraction of sp³-hybridized carbons (Fsp3) is 0.312. The number of aryl methyl sites for hydroxylation is 2. The Labute approximate surface area is 230 Å². The van der Waals surface area contributed by atoms with Gasteiger partial charge in [-0.3, -0.25) is 9.88 Å². The molecule has 7 nitrogen and oxygen atoms in total. The van der Waals surface area contributed by atoms with Gasteiger partial charge in [0.25, 0.3) is 0 Å². The summed E-state index contributed by atoms with van der Waals surface area (Å²) < 4.78 is 5.43. The van der Waals surface area contributed by atoms with Crippen LogP contribution in [0.3, 0.4) is 0 Å². The van der Waals surface area contributed by atoms with Crippen LogP contribution in [-0.4, -0.2) is 54.3 Å². The number of pyridine rings is 1. The Balaban J connectivity index is 1.28. The first-order valence-corrected chi connectivity index (χ1v) is 13.6. The number of nitrogens with one attached hydrogen (secondary N) is 3. The molecule has 0 saturated carbocycles. The van der Waals surface area contributed by atoms with E-state index in [0.717, 1.165) is 97.0 Å². The van der Waals surface area contributed by atoms with Gasteiger partial charge in [-0.25, -0.2) is 0 Å². The lowest BCUT2D eigenvalue weighted by molar-refractivity contribution is 0.0374. The van der Waals surface area contributed by atoms with Gasteiger partial charge in [0.15, 0.2) is 0 Å². The van der Waals surface area contributed by atoms with E-state index >= 15 is 0 Å². The number of rotatable bonds is 10. The third-order valence-electron chi connectivity index (χ3n) is 7.35. The van der Waals surface area contributed by atoms with Gasteiger partial charge in [-0.2, -0.15) is 5.26 Å². The maximum absolute atomic E-state index is 9.86. The molecule has 39 heavy (non-hydrogen) atoms. The summed E-state index contributed by atoms with van der Waals surface area (Å²) in [6, 6.07) is 17.1. The van der Waals surface area contributed by atoms with Crippen LogP contribution in [0.5, 0.6) is 0 Å². The van der Waals surface area contributed by atoms with Gasteiger partial charge in [0.05, 0.1) is 24.5 Å². The Morgan fingerprint density at radius 1 is 1.13 bits per heavy atom. The summed E-state index contributed by atoms with van der Waals surface area (Å²) in [5, 5.41) is 18.1. The summed E-state index contributed by atoms with van der Waals surface area (Å²) in [6.45, 7) is 10.8. The zero-order valence-electron chi connectivity index (χ0n) is 22.8. The Morgan fingerprint density at radius 2 is 2.00 bits per heavy atom. The normalized spacial score (nSPS) is 14.2. The number of benzene rings is 2. The van der Waals surface area contributed by atoms with E-state index in [1.54, 1.807) is 6.20 Å². The molecule has 1 aliphatic rings. The van der Waals surface area contributed by atoms with Gasteiger partial charge >= 0.3 is 0 Å². The van der Waals surface area contributed by atoms with Crippen molar-refractivity contribution in [1.82, 2.24) is 20.2 Å².